The molecule has 0 aliphatic rings. The molecule has 2 N–H and O–H groups in total. The molecule has 0 saturated heterocycles. The van der Waals surface area contributed by atoms with Gasteiger partial charge in [-0.25, -0.2) is 19.0 Å². The summed E-state index contributed by atoms with van der Waals surface area (Å²) in [6.45, 7) is 0.257. The monoisotopic (exact) mass is 209 g/mol. The molecule has 0 saturated carbocycles. The van der Waals surface area contributed by atoms with Crippen molar-refractivity contribution in [3.8, 4) is 12.3 Å². The number of hydrogen-bond donors (Lipinski definition) is 2. The predicted octanol–water partition coefficient (Wildman–Crippen LogP) is -0.972. The van der Waals surface area contributed by atoms with Gasteiger partial charge in [0, 0.05) is 13.0 Å². The molecule has 0 aliphatic heterocycles. The maximum Gasteiger partial charge on any atom is 0.333 e. The maximum atomic E-state index is 11.2. The molecule has 1 heterocycles. The highest BCUT2D eigenvalue weighted by Gasteiger charge is 2.01. The minimum absolute atomic E-state index is 0.257. The van der Waals surface area contributed by atoms with Crippen LogP contribution in [0.3, 0.4) is 0 Å². The van der Waals surface area contributed by atoms with Crippen LogP contribution in [-0.2, 0) is 6.54 Å². The molecule has 0 atom stereocenters. The van der Waals surface area contributed by atoms with Gasteiger partial charge in [-0.05, 0) is 12.8 Å². The van der Waals surface area contributed by atoms with Gasteiger partial charge in [0.2, 0.25) is 0 Å². The number of nitrogens with one attached hydrogen (secondary N) is 2. The lowest BCUT2D eigenvalue weighted by Crippen LogP contribution is -2.43. The number of H-pyrrole nitrogens is 2. The third kappa shape index (κ3) is 2.98. The molecule has 1 aromatic heterocycles. The van der Waals surface area contributed by atoms with E-state index in [0.29, 0.717) is 12.8 Å². The van der Waals surface area contributed by atoms with Crippen molar-refractivity contribution < 1.29 is 0 Å². The van der Waals surface area contributed by atoms with Crippen LogP contribution in [-0.4, -0.2) is 14.5 Å². The summed E-state index contributed by atoms with van der Waals surface area (Å²) < 4.78 is 0.942. The molecular weight excluding hydrogens is 198 g/mol. The molecule has 6 heteroatoms. The van der Waals surface area contributed by atoms with Crippen LogP contribution < -0.4 is 17.1 Å². The topological polar surface area (TPSA) is 87.7 Å². The number of rotatable bonds is 4. The van der Waals surface area contributed by atoms with Crippen LogP contribution in [0.5, 0.6) is 0 Å². The summed E-state index contributed by atoms with van der Waals surface area (Å²) in [6.07, 6.45) is 7.02. The molecule has 80 valence electrons. The summed E-state index contributed by atoms with van der Waals surface area (Å²) in [6, 6.07) is 0. The van der Waals surface area contributed by atoms with E-state index in [2.05, 4.69) is 5.92 Å². The van der Waals surface area contributed by atoms with Gasteiger partial charge in [0.1, 0.15) is 0 Å². The Balaban J connectivity index is 2.79. The Morgan fingerprint density at radius 1 is 1.13 bits per heavy atom. The maximum absolute atomic E-state index is 11.2. The van der Waals surface area contributed by atoms with Gasteiger partial charge in [0.05, 0.1) is 0 Å². The van der Waals surface area contributed by atoms with Crippen LogP contribution in [0.4, 0.5) is 0 Å². The van der Waals surface area contributed by atoms with Crippen molar-refractivity contribution in [1.82, 2.24) is 14.5 Å². The Morgan fingerprint density at radius 2 is 1.73 bits per heavy atom. The minimum Gasteiger partial charge on any atom is -0.259 e. The molecule has 0 spiro atoms. The van der Waals surface area contributed by atoms with Crippen LogP contribution in [0.2, 0.25) is 0 Å². The fourth-order valence-corrected chi connectivity index (χ4v) is 1.15. The number of aromatic nitrogens is 3. The lowest BCUT2D eigenvalue weighted by Gasteiger charge is -2.00. The molecule has 0 amide bonds. The SMILES string of the molecule is C#CCCCCn1c(=O)[nH]c(=O)[nH]c1=O. The first-order valence-corrected chi connectivity index (χ1v) is 4.52. The van der Waals surface area contributed by atoms with Gasteiger partial charge in [-0.15, -0.1) is 12.3 Å². The molecule has 0 aromatic carbocycles. The predicted molar refractivity (Wildman–Crippen MR) is 54.6 cm³/mol. The Bertz CT molecular complexity index is 495. The van der Waals surface area contributed by atoms with E-state index in [0.717, 1.165) is 11.0 Å². The Kier molecular flexibility index (Phi) is 3.68. The summed E-state index contributed by atoms with van der Waals surface area (Å²) in [5, 5.41) is 0. The number of terminal acetylenes is 1. The summed E-state index contributed by atoms with van der Waals surface area (Å²) in [5.74, 6) is 2.46. The number of hydrogen-bond acceptors (Lipinski definition) is 3. The molecular formula is C9H11N3O3. The van der Waals surface area contributed by atoms with E-state index >= 15 is 0 Å². The first-order valence-electron chi connectivity index (χ1n) is 4.52. The van der Waals surface area contributed by atoms with E-state index in [4.69, 9.17) is 6.42 Å². The number of aromatic amines is 2. The molecule has 0 unspecified atom stereocenters. The van der Waals surface area contributed by atoms with E-state index in [1.165, 1.54) is 0 Å². The van der Waals surface area contributed by atoms with Gasteiger partial charge in [-0.3, -0.25) is 9.97 Å². The van der Waals surface area contributed by atoms with E-state index in [9.17, 15) is 14.4 Å². The van der Waals surface area contributed by atoms with Crippen LogP contribution in [0.15, 0.2) is 14.4 Å². The molecule has 0 bridgehead atoms. The van der Waals surface area contributed by atoms with Crippen molar-refractivity contribution >= 4 is 0 Å². The average molecular weight is 209 g/mol. The Morgan fingerprint density at radius 3 is 2.27 bits per heavy atom. The lowest BCUT2D eigenvalue weighted by atomic mass is 10.2. The molecule has 0 aliphatic carbocycles. The van der Waals surface area contributed by atoms with Gasteiger partial charge < -0.3 is 0 Å². The lowest BCUT2D eigenvalue weighted by molar-refractivity contribution is 0.552. The van der Waals surface area contributed by atoms with Crippen molar-refractivity contribution in [2.75, 3.05) is 0 Å². The highest BCUT2D eigenvalue weighted by molar-refractivity contribution is 4.82. The van der Waals surface area contributed by atoms with Gasteiger partial charge >= 0.3 is 17.1 Å². The summed E-state index contributed by atoms with van der Waals surface area (Å²) in [7, 11) is 0. The standard InChI is InChI=1S/C9H11N3O3/c1-2-3-4-5-6-12-8(14)10-7(13)11-9(12)15/h1H,3-6H2,(H2,10,11,13,14,15). The zero-order chi connectivity index (χ0) is 11.3. The van der Waals surface area contributed by atoms with Crippen LogP contribution >= 0.6 is 0 Å². The molecule has 6 nitrogen and oxygen atoms in total. The minimum atomic E-state index is -0.787. The van der Waals surface area contributed by atoms with Crippen molar-refractivity contribution in [2.24, 2.45) is 0 Å². The van der Waals surface area contributed by atoms with Gasteiger partial charge in [0.15, 0.2) is 0 Å². The summed E-state index contributed by atoms with van der Waals surface area (Å²) >= 11 is 0. The summed E-state index contributed by atoms with van der Waals surface area (Å²) in [4.78, 5) is 37.0. The largest absolute Gasteiger partial charge is 0.333 e. The van der Waals surface area contributed by atoms with Gasteiger partial charge in [0.25, 0.3) is 0 Å². The zero-order valence-electron chi connectivity index (χ0n) is 8.08. The fraction of sp³-hybridized carbons (Fsp3) is 0.444. The fourth-order valence-electron chi connectivity index (χ4n) is 1.15. The molecule has 1 rings (SSSR count). The van der Waals surface area contributed by atoms with Crippen molar-refractivity contribution in [2.45, 2.75) is 25.8 Å². The quantitative estimate of drug-likeness (QED) is 0.494. The second-order valence-electron chi connectivity index (χ2n) is 3.00. The summed E-state index contributed by atoms with van der Waals surface area (Å²) in [5.41, 5.74) is -2.17. The van der Waals surface area contributed by atoms with Gasteiger partial charge in [-0.1, -0.05) is 0 Å². The van der Waals surface area contributed by atoms with Crippen LogP contribution in [0, 0.1) is 12.3 Å². The molecule has 1 aromatic rings. The Labute approximate surface area is 85.0 Å². The average Bonchev–Trinajstić information content (AvgIpc) is 2.15. The number of nitrogens with zero attached hydrogens (tertiary/aromatic N) is 1. The smallest absolute Gasteiger partial charge is 0.259 e. The molecule has 0 fully saturated rings. The van der Waals surface area contributed by atoms with E-state index < -0.39 is 17.1 Å². The van der Waals surface area contributed by atoms with E-state index in [-0.39, 0.29) is 6.54 Å². The molecule has 0 radical (unpaired) electrons. The molecule has 15 heavy (non-hydrogen) atoms. The Hall–Kier alpha value is -2.03. The van der Waals surface area contributed by atoms with Crippen molar-refractivity contribution in [1.29, 1.82) is 0 Å². The first-order chi connectivity index (χ1) is 7.15. The zero-order valence-corrected chi connectivity index (χ0v) is 8.08. The van der Waals surface area contributed by atoms with Crippen LogP contribution in [0.1, 0.15) is 19.3 Å². The first kappa shape index (κ1) is 11.0. The third-order valence-electron chi connectivity index (χ3n) is 1.88. The van der Waals surface area contributed by atoms with Crippen LogP contribution in [0.25, 0.3) is 0 Å². The van der Waals surface area contributed by atoms with E-state index in [1.54, 1.807) is 0 Å². The van der Waals surface area contributed by atoms with Crippen molar-refractivity contribution in [3.63, 3.8) is 0 Å². The van der Waals surface area contributed by atoms with Crippen molar-refractivity contribution in [3.05, 3.63) is 31.5 Å². The highest BCUT2D eigenvalue weighted by atomic mass is 16.2. The number of unbranched alkanes of at least 4 members (excludes halogenated alkanes) is 2. The highest BCUT2D eigenvalue weighted by Crippen LogP contribution is 1.93. The normalized spacial score (nSPS) is 9.80. The van der Waals surface area contributed by atoms with E-state index in [1.807, 2.05) is 9.97 Å². The second kappa shape index (κ2) is 5.00. The second-order valence-corrected chi connectivity index (χ2v) is 3.00. The van der Waals surface area contributed by atoms with Gasteiger partial charge in [-0.2, -0.15) is 0 Å². The third-order valence-corrected chi connectivity index (χ3v) is 1.88.